The van der Waals surface area contributed by atoms with E-state index >= 15 is 0 Å². The van der Waals surface area contributed by atoms with Gasteiger partial charge in [-0.25, -0.2) is 9.50 Å². The summed E-state index contributed by atoms with van der Waals surface area (Å²) in [7, 11) is 0. The number of benzene rings is 1. The highest BCUT2D eigenvalue weighted by Gasteiger charge is 2.12. The van der Waals surface area contributed by atoms with Crippen LogP contribution in [0.25, 0.3) is 5.78 Å². The number of aliphatic hydroxyl groups excluding tert-OH is 1. The van der Waals surface area contributed by atoms with Crippen molar-refractivity contribution in [1.29, 1.82) is 0 Å². The van der Waals surface area contributed by atoms with Crippen LogP contribution in [0.15, 0.2) is 35.5 Å². The van der Waals surface area contributed by atoms with Gasteiger partial charge in [0.05, 0.1) is 6.10 Å². The predicted molar refractivity (Wildman–Crippen MR) is 93.7 cm³/mol. The Labute approximate surface area is 144 Å². The highest BCUT2D eigenvalue weighted by atomic mass is 32.2. The molecule has 24 heavy (non-hydrogen) atoms. The molecule has 0 fully saturated rings. The Morgan fingerprint density at radius 2 is 2.04 bits per heavy atom. The molecule has 0 saturated heterocycles. The number of aliphatic hydroxyl groups is 1. The highest BCUT2D eigenvalue weighted by molar-refractivity contribution is 7.99. The van der Waals surface area contributed by atoms with Crippen molar-refractivity contribution in [3.63, 3.8) is 0 Å². The third-order valence-corrected chi connectivity index (χ3v) is 4.42. The van der Waals surface area contributed by atoms with Crippen LogP contribution in [0.2, 0.25) is 0 Å². The molecule has 7 heteroatoms. The number of thioether (sulfide) groups is 1. The van der Waals surface area contributed by atoms with E-state index in [4.69, 9.17) is 4.74 Å². The molecule has 0 saturated carbocycles. The van der Waals surface area contributed by atoms with Crippen molar-refractivity contribution in [3.05, 3.63) is 47.3 Å². The van der Waals surface area contributed by atoms with Crippen LogP contribution in [0.1, 0.15) is 17.0 Å². The quantitative estimate of drug-likeness (QED) is 0.693. The summed E-state index contributed by atoms with van der Waals surface area (Å²) in [5, 5.41) is 15.1. The maximum atomic E-state index is 10.1. The van der Waals surface area contributed by atoms with E-state index in [0.717, 1.165) is 22.7 Å². The minimum atomic E-state index is -0.599. The van der Waals surface area contributed by atoms with Crippen LogP contribution in [0.4, 0.5) is 0 Å². The fraction of sp³-hybridized carbons (Fsp3) is 0.353. The topological polar surface area (TPSA) is 72.5 Å². The summed E-state index contributed by atoms with van der Waals surface area (Å²) in [5.74, 6) is 1.81. The monoisotopic (exact) mass is 344 g/mol. The Morgan fingerprint density at radius 1 is 1.21 bits per heavy atom. The third kappa shape index (κ3) is 4.04. The lowest BCUT2D eigenvalue weighted by Crippen LogP contribution is -2.20. The van der Waals surface area contributed by atoms with Crippen LogP contribution in [-0.2, 0) is 0 Å². The highest BCUT2D eigenvalue weighted by Crippen LogP contribution is 2.17. The summed E-state index contributed by atoms with van der Waals surface area (Å²) in [6, 6.07) is 9.73. The molecular formula is C17H20N4O2S. The summed E-state index contributed by atoms with van der Waals surface area (Å²) < 4.78 is 7.32. The van der Waals surface area contributed by atoms with E-state index in [2.05, 4.69) is 15.1 Å². The molecule has 6 nitrogen and oxygen atoms in total. The number of hydrogen-bond donors (Lipinski definition) is 1. The molecule has 126 valence electrons. The summed E-state index contributed by atoms with van der Waals surface area (Å²) in [6.07, 6.45) is -0.599. The minimum Gasteiger partial charge on any atom is -0.491 e. The molecule has 0 amide bonds. The molecule has 0 unspecified atom stereocenters. The van der Waals surface area contributed by atoms with Crippen LogP contribution in [0.5, 0.6) is 5.75 Å². The summed E-state index contributed by atoms with van der Waals surface area (Å²) in [5.41, 5.74) is 3.03. The van der Waals surface area contributed by atoms with Gasteiger partial charge in [-0.05, 0) is 44.5 Å². The third-order valence-electron chi connectivity index (χ3n) is 3.44. The first-order valence-corrected chi connectivity index (χ1v) is 8.71. The lowest BCUT2D eigenvalue weighted by Gasteiger charge is -2.11. The summed E-state index contributed by atoms with van der Waals surface area (Å²) in [4.78, 5) is 8.75. The first-order valence-electron chi connectivity index (χ1n) is 7.72. The van der Waals surface area contributed by atoms with Crippen molar-refractivity contribution in [3.8, 4) is 5.75 Å². The second-order valence-corrected chi connectivity index (χ2v) is 6.72. The smallest absolute Gasteiger partial charge is 0.253 e. The zero-order valence-corrected chi connectivity index (χ0v) is 14.7. The molecule has 0 spiro atoms. The summed E-state index contributed by atoms with van der Waals surface area (Å²) >= 11 is 1.39. The maximum absolute atomic E-state index is 10.1. The van der Waals surface area contributed by atoms with Crippen molar-refractivity contribution in [1.82, 2.24) is 19.6 Å². The molecule has 0 aliphatic carbocycles. The van der Waals surface area contributed by atoms with E-state index in [1.807, 2.05) is 51.1 Å². The Morgan fingerprint density at radius 3 is 2.83 bits per heavy atom. The van der Waals surface area contributed by atoms with Gasteiger partial charge in [-0.3, -0.25) is 0 Å². The van der Waals surface area contributed by atoms with Gasteiger partial charge in [-0.1, -0.05) is 23.9 Å². The molecule has 0 radical (unpaired) electrons. The number of ether oxygens (including phenoxy) is 1. The first-order chi connectivity index (χ1) is 11.5. The molecule has 1 N–H and O–H groups in total. The molecule has 0 aliphatic rings. The van der Waals surface area contributed by atoms with Gasteiger partial charge < -0.3 is 9.84 Å². The molecule has 1 atom stereocenters. The van der Waals surface area contributed by atoms with Crippen LogP contribution >= 0.6 is 11.8 Å². The second kappa shape index (κ2) is 7.19. The van der Waals surface area contributed by atoms with E-state index in [1.54, 1.807) is 4.52 Å². The fourth-order valence-corrected chi connectivity index (χ4v) is 3.05. The Bertz CT molecular complexity index is 850. The largest absolute Gasteiger partial charge is 0.491 e. The molecule has 2 heterocycles. The average molecular weight is 344 g/mol. The van der Waals surface area contributed by atoms with Gasteiger partial charge in [-0.2, -0.15) is 4.98 Å². The van der Waals surface area contributed by atoms with Crippen LogP contribution in [-0.4, -0.2) is 43.2 Å². The zero-order valence-electron chi connectivity index (χ0n) is 13.9. The van der Waals surface area contributed by atoms with Gasteiger partial charge in [0.2, 0.25) is 5.16 Å². The Kier molecular flexibility index (Phi) is 5.01. The van der Waals surface area contributed by atoms with E-state index in [9.17, 15) is 5.11 Å². The SMILES string of the molecule is Cc1cccc(OC[C@@H](O)CSc2nc3nc(C)cc(C)n3n2)c1. The number of aryl methyl sites for hydroxylation is 3. The van der Waals surface area contributed by atoms with Crippen molar-refractivity contribution in [2.24, 2.45) is 0 Å². The predicted octanol–water partition coefficient (Wildman–Crippen LogP) is 2.58. The van der Waals surface area contributed by atoms with Crippen molar-refractivity contribution < 1.29 is 9.84 Å². The zero-order chi connectivity index (χ0) is 17.1. The molecule has 0 bridgehead atoms. The van der Waals surface area contributed by atoms with Gasteiger partial charge in [0, 0.05) is 17.1 Å². The van der Waals surface area contributed by atoms with Crippen molar-refractivity contribution >= 4 is 17.5 Å². The number of aromatic nitrogens is 4. The van der Waals surface area contributed by atoms with Crippen LogP contribution < -0.4 is 4.74 Å². The van der Waals surface area contributed by atoms with Crippen molar-refractivity contribution in [2.75, 3.05) is 12.4 Å². The standard InChI is InChI=1S/C17H20N4O2S/c1-11-5-4-6-15(7-11)23-9-14(22)10-24-17-19-16-18-12(2)8-13(3)21(16)20-17/h4-8,14,22H,9-10H2,1-3H3/t14-/m1/s1. The van der Waals surface area contributed by atoms with Crippen LogP contribution in [0, 0.1) is 20.8 Å². The lowest BCUT2D eigenvalue weighted by atomic mass is 10.2. The second-order valence-electron chi connectivity index (χ2n) is 5.74. The number of hydrogen-bond acceptors (Lipinski definition) is 6. The molecule has 3 rings (SSSR count). The minimum absolute atomic E-state index is 0.236. The average Bonchev–Trinajstić information content (AvgIpc) is 2.94. The van der Waals surface area contributed by atoms with Gasteiger partial charge in [0.15, 0.2) is 0 Å². The Hall–Kier alpha value is -2.12. The molecule has 2 aromatic heterocycles. The van der Waals surface area contributed by atoms with Gasteiger partial charge in [0.25, 0.3) is 5.78 Å². The van der Waals surface area contributed by atoms with Gasteiger partial charge >= 0.3 is 0 Å². The normalized spacial score (nSPS) is 12.5. The molecular weight excluding hydrogens is 324 g/mol. The van der Waals surface area contributed by atoms with E-state index in [1.165, 1.54) is 11.8 Å². The molecule has 0 aliphatic heterocycles. The van der Waals surface area contributed by atoms with E-state index in [0.29, 0.717) is 16.7 Å². The first kappa shape index (κ1) is 16.7. The Balaban J connectivity index is 1.56. The molecule has 3 aromatic rings. The van der Waals surface area contributed by atoms with Gasteiger partial charge in [-0.15, -0.1) is 5.10 Å². The van der Waals surface area contributed by atoms with E-state index < -0.39 is 6.10 Å². The number of nitrogens with zero attached hydrogens (tertiary/aromatic N) is 4. The fourth-order valence-electron chi connectivity index (χ4n) is 2.33. The summed E-state index contributed by atoms with van der Waals surface area (Å²) in [6.45, 7) is 6.14. The molecule has 1 aromatic carbocycles. The lowest BCUT2D eigenvalue weighted by molar-refractivity contribution is 0.126. The van der Waals surface area contributed by atoms with E-state index in [-0.39, 0.29) is 6.61 Å². The number of fused-ring (bicyclic) bond motifs is 1. The maximum Gasteiger partial charge on any atom is 0.253 e. The van der Waals surface area contributed by atoms with Crippen LogP contribution in [0.3, 0.4) is 0 Å². The van der Waals surface area contributed by atoms with Crippen molar-refractivity contribution in [2.45, 2.75) is 32.0 Å². The van der Waals surface area contributed by atoms with Gasteiger partial charge in [0.1, 0.15) is 12.4 Å². The number of rotatable bonds is 6.